The molecule has 0 atom stereocenters. The van der Waals surface area contributed by atoms with Crippen molar-refractivity contribution in [3.63, 3.8) is 0 Å². The first-order valence-electron chi connectivity index (χ1n) is 5.54. The zero-order chi connectivity index (χ0) is 12.0. The minimum absolute atomic E-state index is 0.304. The van der Waals surface area contributed by atoms with E-state index in [-0.39, 0.29) is 5.82 Å². The van der Waals surface area contributed by atoms with Gasteiger partial charge in [-0.25, -0.2) is 14.4 Å². The van der Waals surface area contributed by atoms with Crippen LogP contribution in [0.3, 0.4) is 0 Å². The second-order valence-electron chi connectivity index (χ2n) is 3.43. The third kappa shape index (κ3) is 3.04. The molecule has 16 heavy (non-hydrogen) atoms. The highest BCUT2D eigenvalue weighted by atomic mass is 35.5. The van der Waals surface area contributed by atoms with Crippen molar-refractivity contribution in [1.82, 2.24) is 9.97 Å². The van der Waals surface area contributed by atoms with Crippen molar-refractivity contribution in [2.24, 2.45) is 0 Å². The summed E-state index contributed by atoms with van der Waals surface area (Å²) in [5, 5.41) is 0. The van der Waals surface area contributed by atoms with Crippen LogP contribution < -0.4 is 4.90 Å². The molecule has 0 aliphatic heterocycles. The largest absolute Gasteiger partial charge is 0.354 e. The molecular weight excluding hydrogens is 229 g/mol. The summed E-state index contributed by atoms with van der Waals surface area (Å²) >= 11 is 5.64. The molecule has 3 nitrogen and oxygen atoms in total. The van der Waals surface area contributed by atoms with Crippen LogP contribution >= 0.6 is 11.6 Å². The van der Waals surface area contributed by atoms with E-state index in [1.807, 2.05) is 18.7 Å². The molecule has 1 heterocycles. The lowest BCUT2D eigenvalue weighted by molar-refractivity contribution is 0.583. The van der Waals surface area contributed by atoms with Gasteiger partial charge in [0.2, 0.25) is 0 Å². The highest BCUT2D eigenvalue weighted by Gasteiger charge is 2.14. The Morgan fingerprint density at radius 3 is 2.69 bits per heavy atom. The number of halogens is 2. The minimum Gasteiger partial charge on any atom is -0.354 e. The predicted molar refractivity (Wildman–Crippen MR) is 64.6 cm³/mol. The van der Waals surface area contributed by atoms with E-state index in [1.165, 1.54) is 6.33 Å². The maximum Gasteiger partial charge on any atom is 0.187 e. The van der Waals surface area contributed by atoms with Crippen LogP contribution in [-0.2, 0) is 6.42 Å². The third-order valence-corrected chi connectivity index (χ3v) is 2.69. The first-order valence-corrected chi connectivity index (χ1v) is 6.08. The Bertz CT molecular complexity index is 333. The zero-order valence-corrected chi connectivity index (χ0v) is 10.5. The zero-order valence-electron chi connectivity index (χ0n) is 9.71. The van der Waals surface area contributed by atoms with Gasteiger partial charge in [0.05, 0.1) is 5.69 Å². The maximum absolute atomic E-state index is 13.9. The van der Waals surface area contributed by atoms with Gasteiger partial charge >= 0.3 is 0 Å². The number of aryl methyl sites for hydroxylation is 1. The van der Waals surface area contributed by atoms with Crippen LogP contribution in [0.1, 0.15) is 26.0 Å². The molecule has 5 heteroatoms. The lowest BCUT2D eigenvalue weighted by Crippen LogP contribution is -2.27. The first kappa shape index (κ1) is 13.2. The summed E-state index contributed by atoms with van der Waals surface area (Å²) in [4.78, 5) is 9.81. The minimum atomic E-state index is -0.304. The summed E-state index contributed by atoms with van der Waals surface area (Å²) in [5.41, 5.74) is 0.467. The lowest BCUT2D eigenvalue weighted by Gasteiger charge is -2.22. The standard InChI is InChI=1S/C11H17ClFN3/c1-3-9-10(13)11(15-8-14-9)16(4-2)7-5-6-12/h8H,3-7H2,1-2H3. The topological polar surface area (TPSA) is 29.0 Å². The molecule has 0 aromatic carbocycles. The van der Waals surface area contributed by atoms with Gasteiger partial charge in [-0.05, 0) is 19.8 Å². The number of alkyl halides is 1. The molecule has 0 aliphatic rings. The second-order valence-corrected chi connectivity index (χ2v) is 3.81. The Morgan fingerprint density at radius 2 is 2.12 bits per heavy atom. The number of nitrogens with zero attached hydrogens (tertiary/aromatic N) is 3. The molecule has 0 saturated heterocycles. The Hall–Kier alpha value is -0.900. The first-order chi connectivity index (χ1) is 7.74. The van der Waals surface area contributed by atoms with Crippen LogP contribution in [0.25, 0.3) is 0 Å². The van der Waals surface area contributed by atoms with Gasteiger partial charge in [-0.2, -0.15) is 0 Å². The molecule has 0 saturated carbocycles. The van der Waals surface area contributed by atoms with Crippen LogP contribution in [0.5, 0.6) is 0 Å². The average Bonchev–Trinajstić information content (AvgIpc) is 2.32. The van der Waals surface area contributed by atoms with Crippen LogP contribution in [0, 0.1) is 5.82 Å². The van der Waals surface area contributed by atoms with Crippen LogP contribution in [0.2, 0.25) is 0 Å². The lowest BCUT2D eigenvalue weighted by atomic mass is 10.3. The predicted octanol–water partition coefficient (Wildman–Crippen LogP) is 2.63. The van der Waals surface area contributed by atoms with Crippen LogP contribution in [0.15, 0.2) is 6.33 Å². The van der Waals surface area contributed by atoms with Gasteiger partial charge in [0.25, 0.3) is 0 Å². The average molecular weight is 246 g/mol. The van der Waals surface area contributed by atoms with Crippen molar-refractivity contribution in [2.75, 3.05) is 23.9 Å². The van der Waals surface area contributed by atoms with E-state index in [2.05, 4.69) is 9.97 Å². The maximum atomic E-state index is 13.9. The summed E-state index contributed by atoms with van der Waals surface area (Å²) in [6, 6.07) is 0. The van der Waals surface area contributed by atoms with E-state index in [0.717, 1.165) is 13.0 Å². The molecule has 0 fully saturated rings. The molecule has 1 aromatic rings. The second kappa shape index (κ2) is 6.63. The fourth-order valence-corrected chi connectivity index (χ4v) is 1.65. The quantitative estimate of drug-likeness (QED) is 0.722. The molecule has 90 valence electrons. The molecule has 0 radical (unpaired) electrons. The van der Waals surface area contributed by atoms with Gasteiger partial charge in [-0.15, -0.1) is 11.6 Å². The van der Waals surface area contributed by atoms with Gasteiger partial charge in [0, 0.05) is 19.0 Å². The van der Waals surface area contributed by atoms with Crippen molar-refractivity contribution in [3.05, 3.63) is 17.8 Å². The van der Waals surface area contributed by atoms with Crippen LogP contribution in [-0.4, -0.2) is 28.9 Å². The van der Waals surface area contributed by atoms with Crippen molar-refractivity contribution >= 4 is 17.4 Å². The smallest absolute Gasteiger partial charge is 0.187 e. The van der Waals surface area contributed by atoms with Crippen LogP contribution in [0.4, 0.5) is 10.2 Å². The Morgan fingerprint density at radius 1 is 1.38 bits per heavy atom. The molecule has 0 spiro atoms. The highest BCUT2D eigenvalue weighted by molar-refractivity contribution is 6.17. The van der Waals surface area contributed by atoms with Crippen molar-refractivity contribution in [1.29, 1.82) is 0 Å². The van der Waals surface area contributed by atoms with Gasteiger partial charge in [-0.3, -0.25) is 0 Å². The number of rotatable bonds is 6. The van der Waals surface area contributed by atoms with E-state index in [0.29, 0.717) is 30.4 Å². The van der Waals surface area contributed by atoms with E-state index < -0.39 is 0 Å². The van der Waals surface area contributed by atoms with Gasteiger partial charge < -0.3 is 4.90 Å². The molecule has 1 rings (SSSR count). The summed E-state index contributed by atoms with van der Waals surface area (Å²) in [7, 11) is 0. The molecule has 0 unspecified atom stereocenters. The summed E-state index contributed by atoms with van der Waals surface area (Å²) in [6.07, 6.45) is 2.81. The normalized spacial score (nSPS) is 10.5. The SMILES string of the molecule is CCc1ncnc(N(CC)CCCCl)c1F. The molecule has 0 aliphatic carbocycles. The fourth-order valence-electron chi connectivity index (χ4n) is 1.53. The Labute approximate surface area is 101 Å². The van der Waals surface area contributed by atoms with Crippen molar-refractivity contribution in [3.8, 4) is 0 Å². The van der Waals surface area contributed by atoms with Gasteiger partial charge in [0.1, 0.15) is 6.33 Å². The summed E-state index contributed by atoms with van der Waals surface area (Å²) < 4.78 is 13.9. The number of anilines is 1. The molecule has 1 aromatic heterocycles. The monoisotopic (exact) mass is 245 g/mol. The van der Waals surface area contributed by atoms with E-state index in [1.54, 1.807) is 0 Å². The Kier molecular flexibility index (Phi) is 5.46. The van der Waals surface area contributed by atoms with E-state index in [4.69, 9.17) is 11.6 Å². The molecule has 0 bridgehead atoms. The summed E-state index contributed by atoms with van der Waals surface area (Å²) in [5.74, 6) is 0.657. The van der Waals surface area contributed by atoms with E-state index >= 15 is 0 Å². The van der Waals surface area contributed by atoms with Crippen molar-refractivity contribution in [2.45, 2.75) is 26.7 Å². The van der Waals surface area contributed by atoms with E-state index in [9.17, 15) is 4.39 Å². The van der Waals surface area contributed by atoms with Gasteiger partial charge in [0.15, 0.2) is 11.6 Å². The molecular formula is C11H17ClFN3. The molecule has 0 N–H and O–H groups in total. The third-order valence-electron chi connectivity index (χ3n) is 2.42. The number of hydrogen-bond acceptors (Lipinski definition) is 3. The number of hydrogen-bond donors (Lipinski definition) is 0. The Balaban J connectivity index is 2.91. The van der Waals surface area contributed by atoms with Crippen molar-refractivity contribution < 1.29 is 4.39 Å². The fraction of sp³-hybridized carbons (Fsp3) is 0.636. The summed E-state index contributed by atoms with van der Waals surface area (Å²) in [6.45, 7) is 5.29. The van der Waals surface area contributed by atoms with Gasteiger partial charge in [-0.1, -0.05) is 6.92 Å². The number of aromatic nitrogens is 2. The highest BCUT2D eigenvalue weighted by Crippen LogP contribution is 2.18. The molecule has 0 amide bonds.